The zero-order valence-corrected chi connectivity index (χ0v) is 10.3. The number of nitrogens with one attached hydrogen (secondary N) is 2. The maximum Gasteiger partial charge on any atom is 0.126 e. The quantitative estimate of drug-likeness (QED) is 0.732. The normalized spacial score (nSPS) is 10.7. The Morgan fingerprint density at radius 2 is 1.89 bits per heavy atom. The summed E-state index contributed by atoms with van der Waals surface area (Å²) in [6.07, 6.45) is 0. The number of fused-ring (bicyclic) bond motifs is 1. The number of aryl methyl sites for hydroxylation is 1. The predicted molar refractivity (Wildman–Crippen MR) is 74.6 cm³/mol. The summed E-state index contributed by atoms with van der Waals surface area (Å²) in [7, 11) is 0. The first-order chi connectivity index (χ1) is 8.83. The minimum absolute atomic E-state index is 0.706. The van der Waals surface area contributed by atoms with Gasteiger partial charge >= 0.3 is 0 Å². The smallest absolute Gasteiger partial charge is 0.126 e. The van der Waals surface area contributed by atoms with E-state index in [1.807, 2.05) is 36.4 Å². The van der Waals surface area contributed by atoms with Crippen LogP contribution in [0.1, 0.15) is 11.4 Å². The molecule has 1 heterocycles. The third-order valence-corrected chi connectivity index (χ3v) is 3.00. The molecule has 0 saturated heterocycles. The molecular formula is C15H15N3. The van der Waals surface area contributed by atoms with Crippen LogP contribution in [-0.2, 0) is 6.54 Å². The maximum atomic E-state index is 4.61. The SMILES string of the molecule is Cc1cccc2[nH]c(CNc3ccccc3)nc12. The number of aromatic nitrogens is 2. The number of rotatable bonds is 3. The molecule has 18 heavy (non-hydrogen) atoms. The number of nitrogens with zero attached hydrogens (tertiary/aromatic N) is 1. The number of hydrogen-bond donors (Lipinski definition) is 2. The Hall–Kier alpha value is -2.29. The van der Waals surface area contributed by atoms with Crippen molar-refractivity contribution in [3.05, 3.63) is 59.9 Å². The molecule has 2 N–H and O–H groups in total. The van der Waals surface area contributed by atoms with Crippen LogP contribution >= 0.6 is 0 Å². The molecule has 0 aliphatic carbocycles. The summed E-state index contributed by atoms with van der Waals surface area (Å²) in [4.78, 5) is 7.94. The fourth-order valence-electron chi connectivity index (χ4n) is 2.05. The van der Waals surface area contributed by atoms with Gasteiger partial charge in [0.1, 0.15) is 5.82 Å². The fraction of sp³-hybridized carbons (Fsp3) is 0.133. The number of anilines is 1. The Bertz CT molecular complexity index is 656. The van der Waals surface area contributed by atoms with Gasteiger partial charge in [-0.25, -0.2) is 4.98 Å². The van der Waals surface area contributed by atoms with Gasteiger partial charge in [-0.15, -0.1) is 0 Å². The molecule has 0 aliphatic rings. The molecular weight excluding hydrogens is 222 g/mol. The molecule has 0 atom stereocenters. The maximum absolute atomic E-state index is 4.61. The van der Waals surface area contributed by atoms with E-state index in [0.717, 1.165) is 22.5 Å². The number of H-pyrrole nitrogens is 1. The van der Waals surface area contributed by atoms with E-state index in [4.69, 9.17) is 0 Å². The number of para-hydroxylation sites is 2. The second kappa shape index (κ2) is 4.53. The highest BCUT2D eigenvalue weighted by Gasteiger charge is 2.04. The van der Waals surface area contributed by atoms with E-state index < -0.39 is 0 Å². The van der Waals surface area contributed by atoms with E-state index in [2.05, 4.69) is 34.3 Å². The van der Waals surface area contributed by atoms with Crippen molar-refractivity contribution in [2.24, 2.45) is 0 Å². The molecule has 0 fully saturated rings. The second-order valence-corrected chi connectivity index (χ2v) is 4.37. The van der Waals surface area contributed by atoms with Gasteiger partial charge in [0.05, 0.1) is 17.6 Å². The lowest BCUT2D eigenvalue weighted by Crippen LogP contribution is -2.00. The standard InChI is InChI=1S/C15H15N3/c1-11-6-5-9-13-15(11)18-14(17-13)10-16-12-7-3-2-4-8-12/h2-9,16H,10H2,1H3,(H,17,18). The van der Waals surface area contributed by atoms with Crippen molar-refractivity contribution in [3.8, 4) is 0 Å². The van der Waals surface area contributed by atoms with Gasteiger partial charge in [0.2, 0.25) is 0 Å². The number of hydrogen-bond acceptors (Lipinski definition) is 2. The summed E-state index contributed by atoms with van der Waals surface area (Å²) in [5.41, 5.74) is 4.46. The summed E-state index contributed by atoms with van der Waals surface area (Å²) < 4.78 is 0. The van der Waals surface area contributed by atoms with Gasteiger partial charge in [0, 0.05) is 5.69 Å². The van der Waals surface area contributed by atoms with Gasteiger partial charge in [0.25, 0.3) is 0 Å². The van der Waals surface area contributed by atoms with Gasteiger partial charge in [0.15, 0.2) is 0 Å². The summed E-state index contributed by atoms with van der Waals surface area (Å²) in [5, 5.41) is 3.35. The van der Waals surface area contributed by atoms with Crippen molar-refractivity contribution in [1.29, 1.82) is 0 Å². The lowest BCUT2D eigenvalue weighted by molar-refractivity contribution is 1.01. The van der Waals surface area contributed by atoms with Crippen molar-refractivity contribution in [2.45, 2.75) is 13.5 Å². The van der Waals surface area contributed by atoms with E-state index in [9.17, 15) is 0 Å². The van der Waals surface area contributed by atoms with Crippen LogP contribution in [0.15, 0.2) is 48.5 Å². The molecule has 0 amide bonds. The third-order valence-electron chi connectivity index (χ3n) is 3.00. The summed E-state index contributed by atoms with van der Waals surface area (Å²) in [6.45, 7) is 2.79. The van der Waals surface area contributed by atoms with Crippen molar-refractivity contribution < 1.29 is 0 Å². The van der Waals surface area contributed by atoms with Gasteiger partial charge in [-0.3, -0.25) is 0 Å². The van der Waals surface area contributed by atoms with Crippen LogP contribution in [0.2, 0.25) is 0 Å². The lowest BCUT2D eigenvalue weighted by Gasteiger charge is -2.02. The highest BCUT2D eigenvalue weighted by atomic mass is 15.0. The average molecular weight is 237 g/mol. The Kier molecular flexibility index (Phi) is 2.73. The predicted octanol–water partition coefficient (Wildman–Crippen LogP) is 3.48. The van der Waals surface area contributed by atoms with Crippen molar-refractivity contribution in [3.63, 3.8) is 0 Å². The van der Waals surface area contributed by atoms with Crippen LogP contribution in [0.5, 0.6) is 0 Å². The van der Waals surface area contributed by atoms with Gasteiger partial charge in [-0.1, -0.05) is 30.3 Å². The highest BCUT2D eigenvalue weighted by molar-refractivity contribution is 5.78. The van der Waals surface area contributed by atoms with Gasteiger partial charge in [-0.2, -0.15) is 0 Å². The largest absolute Gasteiger partial charge is 0.378 e. The first-order valence-corrected chi connectivity index (χ1v) is 6.06. The first kappa shape index (κ1) is 10.8. The molecule has 90 valence electrons. The van der Waals surface area contributed by atoms with Crippen molar-refractivity contribution in [1.82, 2.24) is 9.97 Å². The topological polar surface area (TPSA) is 40.7 Å². The van der Waals surface area contributed by atoms with Crippen LogP contribution in [-0.4, -0.2) is 9.97 Å². The average Bonchev–Trinajstić information content (AvgIpc) is 2.82. The monoisotopic (exact) mass is 237 g/mol. The lowest BCUT2D eigenvalue weighted by atomic mass is 10.2. The summed E-state index contributed by atoms with van der Waals surface area (Å²) in [6, 6.07) is 16.3. The molecule has 0 saturated carbocycles. The Balaban J connectivity index is 1.81. The van der Waals surface area contributed by atoms with Crippen molar-refractivity contribution >= 4 is 16.7 Å². The van der Waals surface area contributed by atoms with E-state index in [1.54, 1.807) is 0 Å². The Morgan fingerprint density at radius 3 is 2.67 bits per heavy atom. The zero-order chi connectivity index (χ0) is 12.4. The van der Waals surface area contributed by atoms with Crippen LogP contribution < -0.4 is 5.32 Å². The first-order valence-electron chi connectivity index (χ1n) is 6.06. The molecule has 1 aromatic heterocycles. The molecule has 3 aromatic rings. The minimum Gasteiger partial charge on any atom is -0.378 e. The fourth-order valence-corrected chi connectivity index (χ4v) is 2.05. The Labute approximate surface area is 106 Å². The molecule has 3 nitrogen and oxygen atoms in total. The number of imidazole rings is 1. The highest BCUT2D eigenvalue weighted by Crippen LogP contribution is 2.16. The van der Waals surface area contributed by atoms with Crippen LogP contribution in [0.4, 0.5) is 5.69 Å². The molecule has 3 rings (SSSR count). The van der Waals surface area contributed by atoms with Crippen LogP contribution in [0.25, 0.3) is 11.0 Å². The van der Waals surface area contributed by atoms with Crippen LogP contribution in [0, 0.1) is 6.92 Å². The van der Waals surface area contributed by atoms with Gasteiger partial charge < -0.3 is 10.3 Å². The molecule has 3 heteroatoms. The zero-order valence-electron chi connectivity index (χ0n) is 10.3. The Morgan fingerprint density at radius 1 is 1.06 bits per heavy atom. The summed E-state index contributed by atoms with van der Waals surface area (Å²) in [5.74, 6) is 0.961. The van der Waals surface area contributed by atoms with E-state index in [-0.39, 0.29) is 0 Å². The third kappa shape index (κ3) is 2.07. The van der Waals surface area contributed by atoms with Crippen molar-refractivity contribution in [2.75, 3.05) is 5.32 Å². The number of aromatic amines is 1. The molecule has 0 radical (unpaired) electrons. The van der Waals surface area contributed by atoms with Crippen LogP contribution in [0.3, 0.4) is 0 Å². The number of benzene rings is 2. The molecule has 0 unspecified atom stereocenters. The molecule has 0 aliphatic heterocycles. The second-order valence-electron chi connectivity index (χ2n) is 4.37. The summed E-state index contributed by atoms with van der Waals surface area (Å²) >= 11 is 0. The minimum atomic E-state index is 0.706. The molecule has 2 aromatic carbocycles. The molecule has 0 bridgehead atoms. The molecule has 0 spiro atoms. The van der Waals surface area contributed by atoms with E-state index in [0.29, 0.717) is 6.54 Å². The van der Waals surface area contributed by atoms with E-state index in [1.165, 1.54) is 5.56 Å². The van der Waals surface area contributed by atoms with Gasteiger partial charge in [-0.05, 0) is 30.7 Å². The van der Waals surface area contributed by atoms with E-state index >= 15 is 0 Å².